The zero-order chi connectivity index (χ0) is 21.4. The third-order valence-corrected chi connectivity index (χ3v) is 3.63. The van der Waals surface area contributed by atoms with Crippen LogP contribution in [0, 0.1) is 0 Å². The Morgan fingerprint density at radius 3 is 3.08 bits per heavy atom. The maximum atomic E-state index is 13.0. The van der Waals surface area contributed by atoms with Crippen LogP contribution in [0.3, 0.4) is 0 Å². The van der Waals surface area contributed by atoms with E-state index < -0.39 is 24.0 Å². The minimum atomic E-state index is -0.461. The minimum Gasteiger partial charge on any atom is -0.454 e. The second-order valence-electron chi connectivity index (χ2n) is 5.24. The number of ether oxygens (including phenoxy) is 1. The molecule has 7 nitrogen and oxygen atoms in total. The lowest BCUT2D eigenvalue weighted by Gasteiger charge is -2.09. The Hall–Kier alpha value is -3.32. The van der Waals surface area contributed by atoms with Gasteiger partial charge in [0.25, 0.3) is 0 Å². The maximum absolute atomic E-state index is 13.0. The summed E-state index contributed by atoms with van der Waals surface area (Å²) in [7, 11) is 0. The summed E-state index contributed by atoms with van der Waals surface area (Å²) in [6.07, 6.45) is 5.11. The third kappa shape index (κ3) is 3.38. The van der Waals surface area contributed by atoms with Gasteiger partial charge in [0.2, 0.25) is 0 Å². The average Bonchev–Trinajstić information content (AvgIpc) is 3.18. The van der Waals surface area contributed by atoms with Crippen molar-refractivity contribution in [3.63, 3.8) is 0 Å². The van der Waals surface area contributed by atoms with Crippen LogP contribution < -0.4 is 4.74 Å². The second-order valence-corrected chi connectivity index (χ2v) is 5.67. The first-order valence-corrected chi connectivity index (χ1v) is 7.79. The molecule has 4 aromatic rings. The predicted octanol–water partition coefficient (Wildman–Crippen LogP) is 3.39. The summed E-state index contributed by atoms with van der Waals surface area (Å²) in [6, 6.07) is 1.77. The average molecular weight is 370 g/mol. The number of carbonyl (C=O) groups excluding carboxylic acids is 1. The molecule has 0 bridgehead atoms. The van der Waals surface area contributed by atoms with E-state index >= 15 is 0 Å². The Bertz CT molecular complexity index is 1300. The summed E-state index contributed by atoms with van der Waals surface area (Å²) in [5.74, 6) is 0.213. The Morgan fingerprint density at radius 1 is 1.27 bits per heavy atom. The number of carbonyl (C=O) groups is 1. The molecule has 0 amide bonds. The van der Waals surface area contributed by atoms with Crippen LogP contribution >= 0.6 is 11.6 Å². The fourth-order valence-electron chi connectivity index (χ4n) is 2.34. The molecule has 4 heterocycles. The van der Waals surface area contributed by atoms with Crippen molar-refractivity contribution in [3.05, 3.63) is 77.6 Å². The van der Waals surface area contributed by atoms with E-state index in [1.54, 1.807) is 12.3 Å². The van der Waals surface area contributed by atoms with E-state index in [0.29, 0.717) is 16.5 Å². The van der Waals surface area contributed by atoms with Gasteiger partial charge in [0.1, 0.15) is 17.8 Å². The number of nitrogens with zero attached hydrogens (tertiary/aromatic N) is 5. The van der Waals surface area contributed by atoms with Gasteiger partial charge < -0.3 is 4.74 Å². The summed E-state index contributed by atoms with van der Waals surface area (Å²) >= 11 is 5.92. The summed E-state index contributed by atoms with van der Waals surface area (Å²) in [6.45, 7) is 0. The normalized spacial score (nSPS) is 13.0. The second kappa shape index (κ2) is 6.89. The van der Waals surface area contributed by atoms with Gasteiger partial charge in [-0.05, 0) is 18.2 Å². The highest BCUT2D eigenvalue weighted by atomic mass is 35.5. The zero-order valence-electron chi connectivity index (χ0n) is 17.1. The fourth-order valence-corrected chi connectivity index (χ4v) is 2.51. The highest BCUT2D eigenvalue weighted by Gasteiger charge is 2.16. The molecule has 0 unspecified atom stereocenters. The number of fused-ring (bicyclic) bond motifs is 1. The van der Waals surface area contributed by atoms with Gasteiger partial charge in [0.15, 0.2) is 11.4 Å². The number of halogens is 1. The number of hydrogen-bond acceptors (Lipinski definition) is 6. The Labute approximate surface area is 158 Å². The molecule has 26 heavy (non-hydrogen) atoms. The molecule has 0 spiro atoms. The third-order valence-electron chi connectivity index (χ3n) is 3.43. The number of ketones is 1. The van der Waals surface area contributed by atoms with Gasteiger partial charge in [-0.1, -0.05) is 17.6 Å². The van der Waals surface area contributed by atoms with Crippen molar-refractivity contribution in [2.45, 2.75) is 6.42 Å². The van der Waals surface area contributed by atoms with E-state index in [1.807, 2.05) is 0 Å². The van der Waals surface area contributed by atoms with Crippen LogP contribution in [-0.2, 0) is 6.42 Å². The first-order valence-electron chi connectivity index (χ1n) is 9.41. The van der Waals surface area contributed by atoms with Gasteiger partial charge >= 0.3 is 0 Å². The molecule has 4 aromatic heterocycles. The van der Waals surface area contributed by atoms with E-state index in [-0.39, 0.29) is 29.4 Å². The molecule has 0 saturated carbocycles. The van der Waals surface area contributed by atoms with Gasteiger partial charge in [-0.3, -0.25) is 19.2 Å². The summed E-state index contributed by atoms with van der Waals surface area (Å²) in [5.41, 5.74) is 0.376. The van der Waals surface area contributed by atoms with Crippen molar-refractivity contribution in [1.29, 1.82) is 0 Å². The number of hydrogen-bond donors (Lipinski definition) is 0. The van der Waals surface area contributed by atoms with Gasteiger partial charge in [-0.25, -0.2) is 0 Å². The van der Waals surface area contributed by atoms with Crippen molar-refractivity contribution in [1.82, 2.24) is 24.6 Å². The van der Waals surface area contributed by atoms with Gasteiger partial charge in [-0.15, -0.1) is 10.2 Å². The summed E-state index contributed by atoms with van der Waals surface area (Å²) in [4.78, 5) is 20.7. The Morgan fingerprint density at radius 2 is 2.19 bits per heavy atom. The molecule has 0 radical (unpaired) electrons. The largest absolute Gasteiger partial charge is 0.454 e. The van der Waals surface area contributed by atoms with Crippen molar-refractivity contribution in [3.8, 4) is 11.5 Å². The molecule has 4 rings (SSSR count). The van der Waals surface area contributed by atoms with Gasteiger partial charge in [0.05, 0.1) is 34.9 Å². The first-order chi connectivity index (χ1) is 14.3. The molecule has 0 aliphatic carbocycles. The van der Waals surface area contributed by atoms with Crippen molar-refractivity contribution in [2.24, 2.45) is 0 Å². The SMILES string of the molecule is [2H]c1nc(CC(=O)c2cc(Oc3cncc(Cl)c3)cn3cnnc23)c([2H])c([2H])c1[2H]. The monoisotopic (exact) mass is 369 g/mol. The fraction of sp³-hybridized carbons (Fsp3) is 0.0556. The lowest BCUT2D eigenvalue weighted by Crippen LogP contribution is -2.08. The quantitative estimate of drug-likeness (QED) is 0.501. The number of Topliss-reactive ketones (excluding diaryl/α,β-unsaturated/α-hetero) is 1. The Balaban J connectivity index is 1.71. The van der Waals surface area contributed by atoms with Crippen LogP contribution in [0.2, 0.25) is 5.02 Å². The summed E-state index contributed by atoms with van der Waals surface area (Å²) < 4.78 is 38.2. The van der Waals surface area contributed by atoms with Crippen LogP contribution in [0.25, 0.3) is 5.65 Å². The molecule has 0 aromatic carbocycles. The van der Waals surface area contributed by atoms with Gasteiger partial charge in [0, 0.05) is 24.1 Å². The van der Waals surface area contributed by atoms with Crippen LogP contribution in [0.5, 0.6) is 11.5 Å². The Kier molecular flexibility index (Phi) is 3.21. The van der Waals surface area contributed by atoms with E-state index in [4.69, 9.17) is 21.8 Å². The lowest BCUT2D eigenvalue weighted by molar-refractivity contribution is 0.0992. The van der Waals surface area contributed by atoms with Crippen LogP contribution in [0.1, 0.15) is 21.5 Å². The minimum absolute atomic E-state index is 0.0611. The van der Waals surface area contributed by atoms with Crippen molar-refractivity contribution in [2.75, 3.05) is 0 Å². The molecular formula is C18H12ClN5O2. The molecule has 128 valence electrons. The van der Waals surface area contributed by atoms with Crippen molar-refractivity contribution >= 4 is 23.0 Å². The number of aromatic nitrogens is 5. The zero-order valence-corrected chi connectivity index (χ0v) is 13.9. The highest BCUT2D eigenvalue weighted by Crippen LogP contribution is 2.25. The molecule has 0 aliphatic heterocycles. The van der Waals surface area contributed by atoms with Crippen LogP contribution in [0.15, 0.2) is 61.4 Å². The standard InChI is InChI=1S/C18H12ClN5O2/c19-12-5-14(9-20-8-12)26-15-7-16(18-23-22-11-24(18)10-15)17(25)6-13-3-1-2-4-21-13/h1-5,7-11H,6H2/i1D,2D,3D,4D. The highest BCUT2D eigenvalue weighted by molar-refractivity contribution is 6.30. The van der Waals surface area contributed by atoms with Crippen LogP contribution in [0.4, 0.5) is 0 Å². The van der Waals surface area contributed by atoms with Gasteiger partial charge in [-0.2, -0.15) is 0 Å². The van der Waals surface area contributed by atoms with Crippen molar-refractivity contribution < 1.29 is 15.0 Å². The topological polar surface area (TPSA) is 82.3 Å². The number of rotatable bonds is 5. The molecule has 0 fully saturated rings. The van der Waals surface area contributed by atoms with E-state index in [9.17, 15) is 4.79 Å². The van der Waals surface area contributed by atoms with E-state index in [1.165, 1.54) is 29.2 Å². The van der Waals surface area contributed by atoms with Crippen LogP contribution in [-0.4, -0.2) is 30.3 Å². The molecule has 0 N–H and O–H groups in total. The van der Waals surface area contributed by atoms with E-state index in [0.717, 1.165) is 0 Å². The maximum Gasteiger partial charge on any atom is 0.172 e. The van der Waals surface area contributed by atoms with E-state index in [2.05, 4.69) is 20.2 Å². The smallest absolute Gasteiger partial charge is 0.172 e. The lowest BCUT2D eigenvalue weighted by atomic mass is 10.1. The number of pyridine rings is 3. The molecule has 0 atom stereocenters. The molecular weight excluding hydrogens is 354 g/mol. The molecule has 0 saturated heterocycles. The summed E-state index contributed by atoms with van der Waals surface area (Å²) in [5, 5.41) is 8.14. The predicted molar refractivity (Wildman–Crippen MR) is 94.6 cm³/mol. The first kappa shape index (κ1) is 12.1. The molecule has 8 heteroatoms. The molecule has 0 aliphatic rings.